The first-order valence-electron chi connectivity index (χ1n) is 9.04. The van der Waals surface area contributed by atoms with E-state index in [1.54, 1.807) is 11.8 Å². The van der Waals surface area contributed by atoms with Gasteiger partial charge in [0.15, 0.2) is 0 Å². The molecule has 2 aromatic rings. The Balaban J connectivity index is 1.51. The number of rotatable bonds is 5. The van der Waals surface area contributed by atoms with Crippen LogP contribution in [0.3, 0.4) is 0 Å². The van der Waals surface area contributed by atoms with E-state index in [0.717, 1.165) is 30.9 Å². The number of amides is 1. The molecule has 0 unspecified atom stereocenters. The van der Waals surface area contributed by atoms with Crippen molar-refractivity contribution in [1.82, 2.24) is 10.3 Å². The van der Waals surface area contributed by atoms with Gasteiger partial charge in [-0.1, -0.05) is 12.1 Å². The number of nitrogens with one attached hydrogen (secondary N) is 1. The molecule has 8 heteroatoms. The first-order valence-corrected chi connectivity index (χ1v) is 10.4. The lowest BCUT2D eigenvalue weighted by Gasteiger charge is -2.33. The second-order valence-electron chi connectivity index (χ2n) is 6.77. The third-order valence-corrected chi connectivity index (χ3v) is 5.38. The minimum absolute atomic E-state index is 0.0454. The molecule has 1 aromatic heterocycles. The van der Waals surface area contributed by atoms with Gasteiger partial charge >= 0.3 is 6.18 Å². The molecular formula is C20H22F3N3OS. The van der Waals surface area contributed by atoms with Crippen molar-refractivity contribution in [2.45, 2.75) is 30.8 Å². The third kappa shape index (κ3) is 5.19. The molecule has 1 aromatic carbocycles. The van der Waals surface area contributed by atoms with Crippen LogP contribution < -0.4 is 10.2 Å². The Labute approximate surface area is 166 Å². The fourth-order valence-corrected chi connectivity index (χ4v) is 3.71. The predicted octanol–water partition coefficient (Wildman–Crippen LogP) is 4.36. The summed E-state index contributed by atoms with van der Waals surface area (Å²) in [4.78, 5) is 18.3. The van der Waals surface area contributed by atoms with E-state index < -0.39 is 11.7 Å². The van der Waals surface area contributed by atoms with Gasteiger partial charge < -0.3 is 10.2 Å². The fraction of sp³-hybridized carbons (Fsp3) is 0.400. The molecule has 0 radical (unpaired) electrons. The van der Waals surface area contributed by atoms with Crippen molar-refractivity contribution < 1.29 is 18.0 Å². The largest absolute Gasteiger partial charge is 0.417 e. The molecule has 4 nitrogen and oxygen atoms in total. The summed E-state index contributed by atoms with van der Waals surface area (Å²) in [5, 5.41) is 3.05. The Kier molecular flexibility index (Phi) is 6.49. The average molecular weight is 409 g/mol. The van der Waals surface area contributed by atoms with E-state index in [1.165, 1.54) is 11.6 Å². The van der Waals surface area contributed by atoms with Crippen LogP contribution in [-0.2, 0) is 11.9 Å². The lowest BCUT2D eigenvalue weighted by atomic mass is 10.0. The quantitative estimate of drug-likeness (QED) is 0.797. The number of nitrogens with zero attached hydrogens (tertiary/aromatic N) is 2. The number of piperidine rings is 1. The Morgan fingerprint density at radius 1 is 1.18 bits per heavy atom. The lowest BCUT2D eigenvalue weighted by Crippen LogP contribution is -2.45. The highest BCUT2D eigenvalue weighted by Crippen LogP contribution is 2.29. The number of benzene rings is 1. The summed E-state index contributed by atoms with van der Waals surface area (Å²) in [5.74, 6) is 1.35. The molecule has 1 amide bonds. The SMILES string of the molecule is CSCc1ccc(C(=O)NC2CCN(c3ccc(C(F)(F)F)cn3)CC2)cc1. The maximum atomic E-state index is 12.6. The highest BCUT2D eigenvalue weighted by molar-refractivity contribution is 7.97. The minimum Gasteiger partial charge on any atom is -0.356 e. The zero-order valence-corrected chi connectivity index (χ0v) is 16.3. The molecule has 3 rings (SSSR count). The van der Waals surface area contributed by atoms with Gasteiger partial charge in [0.2, 0.25) is 0 Å². The Bertz CT molecular complexity index is 786. The van der Waals surface area contributed by atoms with Gasteiger partial charge in [0.25, 0.3) is 5.91 Å². The van der Waals surface area contributed by atoms with Crippen LogP contribution in [0.2, 0.25) is 0 Å². The molecule has 0 atom stereocenters. The Hall–Kier alpha value is -2.22. The van der Waals surface area contributed by atoms with Gasteiger partial charge in [-0.05, 0) is 48.9 Å². The Morgan fingerprint density at radius 3 is 2.39 bits per heavy atom. The van der Waals surface area contributed by atoms with E-state index in [9.17, 15) is 18.0 Å². The predicted molar refractivity (Wildman–Crippen MR) is 106 cm³/mol. The van der Waals surface area contributed by atoms with E-state index in [2.05, 4.69) is 10.3 Å². The summed E-state index contributed by atoms with van der Waals surface area (Å²) in [5.41, 5.74) is 1.07. The molecule has 1 N–H and O–H groups in total. The molecule has 0 aliphatic carbocycles. The molecule has 28 heavy (non-hydrogen) atoms. The number of carbonyl (C=O) groups excluding carboxylic acids is 1. The van der Waals surface area contributed by atoms with E-state index >= 15 is 0 Å². The third-order valence-electron chi connectivity index (χ3n) is 4.76. The van der Waals surface area contributed by atoms with Gasteiger partial charge in [0, 0.05) is 36.6 Å². The van der Waals surface area contributed by atoms with Crippen molar-refractivity contribution in [3.05, 3.63) is 59.3 Å². The molecule has 1 fully saturated rings. The lowest BCUT2D eigenvalue weighted by molar-refractivity contribution is -0.137. The summed E-state index contributed by atoms with van der Waals surface area (Å²) in [7, 11) is 0. The molecule has 1 saturated heterocycles. The normalized spacial score (nSPS) is 15.5. The number of halogens is 3. The minimum atomic E-state index is -4.38. The molecular weight excluding hydrogens is 387 g/mol. The van der Waals surface area contributed by atoms with Crippen LogP contribution in [0.5, 0.6) is 0 Å². The zero-order valence-electron chi connectivity index (χ0n) is 15.5. The maximum Gasteiger partial charge on any atom is 0.417 e. The van der Waals surface area contributed by atoms with Crippen LogP contribution in [0.25, 0.3) is 0 Å². The van der Waals surface area contributed by atoms with Crippen LogP contribution >= 0.6 is 11.8 Å². The molecule has 1 aliphatic rings. The standard InChI is InChI=1S/C20H22F3N3OS/c1-28-13-14-2-4-15(5-3-14)19(27)25-17-8-10-26(11-9-17)18-7-6-16(12-24-18)20(21,22)23/h2-7,12,17H,8-11,13H2,1H3,(H,25,27). The van der Waals surface area contributed by atoms with Crippen molar-refractivity contribution in [3.63, 3.8) is 0 Å². The van der Waals surface area contributed by atoms with Crippen molar-refractivity contribution in [3.8, 4) is 0 Å². The number of pyridine rings is 1. The van der Waals surface area contributed by atoms with Crippen LogP contribution in [0, 0.1) is 0 Å². The van der Waals surface area contributed by atoms with E-state index in [0.29, 0.717) is 24.5 Å². The second kappa shape index (κ2) is 8.86. The number of thioether (sulfide) groups is 1. The van der Waals surface area contributed by atoms with Crippen LogP contribution in [0.15, 0.2) is 42.6 Å². The molecule has 150 valence electrons. The van der Waals surface area contributed by atoms with Crippen LogP contribution in [0.1, 0.15) is 34.3 Å². The number of carbonyl (C=O) groups is 1. The van der Waals surface area contributed by atoms with Crippen LogP contribution in [-0.4, -0.2) is 36.3 Å². The van der Waals surface area contributed by atoms with Gasteiger partial charge in [-0.15, -0.1) is 0 Å². The molecule has 2 heterocycles. The topological polar surface area (TPSA) is 45.2 Å². The first-order chi connectivity index (χ1) is 13.4. The zero-order chi connectivity index (χ0) is 20.1. The summed E-state index contributed by atoms with van der Waals surface area (Å²) in [6.45, 7) is 1.27. The van der Waals surface area contributed by atoms with E-state index in [-0.39, 0.29) is 11.9 Å². The van der Waals surface area contributed by atoms with Crippen molar-refractivity contribution in [2.24, 2.45) is 0 Å². The van der Waals surface area contributed by atoms with Gasteiger partial charge in [0.1, 0.15) is 5.82 Å². The van der Waals surface area contributed by atoms with Gasteiger partial charge in [-0.2, -0.15) is 24.9 Å². The summed E-state index contributed by atoms with van der Waals surface area (Å²) in [6, 6.07) is 10.1. The second-order valence-corrected chi connectivity index (χ2v) is 7.63. The van der Waals surface area contributed by atoms with Crippen molar-refractivity contribution in [2.75, 3.05) is 24.2 Å². The van der Waals surface area contributed by atoms with Gasteiger partial charge in [-0.3, -0.25) is 4.79 Å². The number of hydrogen-bond acceptors (Lipinski definition) is 4. The number of alkyl halides is 3. The number of aromatic nitrogens is 1. The number of anilines is 1. The highest BCUT2D eigenvalue weighted by atomic mass is 32.2. The summed E-state index contributed by atoms with van der Waals surface area (Å²) >= 11 is 1.73. The van der Waals surface area contributed by atoms with Crippen LogP contribution in [0.4, 0.5) is 19.0 Å². The first kappa shape index (κ1) is 20.5. The van der Waals surface area contributed by atoms with Crippen molar-refractivity contribution in [1.29, 1.82) is 0 Å². The van der Waals surface area contributed by atoms with Crippen molar-refractivity contribution >= 4 is 23.5 Å². The maximum absolute atomic E-state index is 12.6. The molecule has 0 bridgehead atoms. The highest BCUT2D eigenvalue weighted by Gasteiger charge is 2.31. The monoisotopic (exact) mass is 409 g/mol. The summed E-state index contributed by atoms with van der Waals surface area (Å²) in [6.07, 6.45) is -0.0362. The number of hydrogen-bond donors (Lipinski definition) is 1. The fourth-order valence-electron chi connectivity index (χ4n) is 3.18. The smallest absolute Gasteiger partial charge is 0.356 e. The van der Waals surface area contributed by atoms with E-state index in [4.69, 9.17) is 0 Å². The Morgan fingerprint density at radius 2 is 1.86 bits per heavy atom. The summed E-state index contributed by atoms with van der Waals surface area (Å²) < 4.78 is 37.9. The van der Waals surface area contributed by atoms with E-state index in [1.807, 2.05) is 35.4 Å². The molecule has 1 aliphatic heterocycles. The average Bonchev–Trinajstić information content (AvgIpc) is 2.69. The van der Waals surface area contributed by atoms with Gasteiger partial charge in [0.05, 0.1) is 5.56 Å². The molecule has 0 spiro atoms. The molecule has 0 saturated carbocycles. The van der Waals surface area contributed by atoms with Gasteiger partial charge in [-0.25, -0.2) is 4.98 Å².